The van der Waals surface area contributed by atoms with Crippen LogP contribution in [-0.2, 0) is 32.7 Å². The maximum atomic E-state index is 12.6. The van der Waals surface area contributed by atoms with Gasteiger partial charge in [0.15, 0.2) is 11.9 Å². The van der Waals surface area contributed by atoms with Crippen LogP contribution in [0.25, 0.3) is 10.4 Å². The van der Waals surface area contributed by atoms with Gasteiger partial charge in [-0.05, 0) is 36.9 Å². The second kappa shape index (κ2) is 29.1. The van der Waals surface area contributed by atoms with Crippen molar-refractivity contribution in [2.45, 2.75) is 135 Å². The summed E-state index contributed by atoms with van der Waals surface area (Å²) in [4.78, 5) is 50.8. The number of phosphoric acid groups is 1. The maximum absolute atomic E-state index is 12.6. The Balaban J connectivity index is 2.45. The number of rotatable bonds is 34. The molecule has 0 saturated carbocycles. The molecule has 2 atom stereocenters. The molecule has 16 nitrogen and oxygen atoms in total. The van der Waals surface area contributed by atoms with E-state index in [-0.39, 0.29) is 49.8 Å². The molecule has 0 bridgehead atoms. The van der Waals surface area contributed by atoms with E-state index >= 15 is 0 Å². The smallest absolute Gasteiger partial charge is 0.311 e. The van der Waals surface area contributed by atoms with E-state index < -0.39 is 37.4 Å². The summed E-state index contributed by atoms with van der Waals surface area (Å²) < 4.78 is 39.1. The van der Waals surface area contributed by atoms with Crippen molar-refractivity contribution in [3.05, 3.63) is 38.8 Å². The molecule has 0 N–H and O–H groups in total. The van der Waals surface area contributed by atoms with Gasteiger partial charge >= 0.3 is 17.6 Å². The lowest BCUT2D eigenvalue weighted by molar-refractivity contribution is -0.870. The van der Waals surface area contributed by atoms with Gasteiger partial charge in [-0.25, -0.2) is 0 Å². The number of nitro benzene ring substituents is 1. The fourth-order valence-corrected chi connectivity index (χ4v) is 6.06. The normalized spacial score (nSPS) is 13.1. The number of nitrogens with zero attached hydrogens (tertiary/aromatic N) is 5. The van der Waals surface area contributed by atoms with Crippen LogP contribution in [0.15, 0.2) is 23.3 Å². The second-order valence-corrected chi connectivity index (χ2v) is 15.9. The SMILES string of the molecule is CCCCCCCCCCCCCCCC(=O)OC[C@H](COP(=O)([O-])OCC[N+](C)(C)C)OC(=O)CCCCCCOc1ccc(N=[N+]=[N-])cc1[N+](=O)[O-]. The van der Waals surface area contributed by atoms with Crippen LogP contribution in [0.1, 0.15) is 129 Å². The van der Waals surface area contributed by atoms with Crippen molar-refractivity contribution in [2.24, 2.45) is 5.11 Å². The van der Waals surface area contributed by atoms with Crippen molar-refractivity contribution in [1.29, 1.82) is 0 Å². The van der Waals surface area contributed by atoms with Crippen LogP contribution in [0.2, 0.25) is 0 Å². The molecule has 0 aliphatic rings. The number of nitro groups is 1. The minimum Gasteiger partial charge on any atom is -0.756 e. The monoisotopic (exact) mass is 785 g/mol. The molecule has 54 heavy (non-hydrogen) atoms. The predicted molar refractivity (Wildman–Crippen MR) is 204 cm³/mol. The summed E-state index contributed by atoms with van der Waals surface area (Å²) >= 11 is 0. The summed E-state index contributed by atoms with van der Waals surface area (Å²) in [7, 11) is 0.963. The molecular formula is C37H64N5O11P. The lowest BCUT2D eigenvalue weighted by atomic mass is 10.0. The van der Waals surface area contributed by atoms with Crippen molar-refractivity contribution in [2.75, 3.05) is 54.1 Å². The van der Waals surface area contributed by atoms with Gasteiger partial charge in [0.05, 0.1) is 39.3 Å². The first-order valence-electron chi connectivity index (χ1n) is 19.5. The van der Waals surface area contributed by atoms with Crippen LogP contribution < -0.4 is 9.63 Å². The molecule has 0 radical (unpaired) electrons. The van der Waals surface area contributed by atoms with Gasteiger partial charge in [0.2, 0.25) is 0 Å². The number of carbonyl (C=O) groups is 2. The highest BCUT2D eigenvalue weighted by atomic mass is 31.2. The van der Waals surface area contributed by atoms with E-state index in [9.17, 15) is 29.2 Å². The van der Waals surface area contributed by atoms with Gasteiger partial charge in [0.25, 0.3) is 7.82 Å². The fraction of sp³-hybridized carbons (Fsp3) is 0.784. The van der Waals surface area contributed by atoms with Crippen molar-refractivity contribution in [3.63, 3.8) is 0 Å². The first kappa shape index (κ1) is 48.8. The number of likely N-dealkylation sites (N-methyl/N-ethyl adjacent to an activating group) is 1. The summed E-state index contributed by atoms with van der Waals surface area (Å²) in [6.45, 7) is 1.85. The largest absolute Gasteiger partial charge is 0.756 e. The van der Waals surface area contributed by atoms with Gasteiger partial charge in [-0.1, -0.05) is 102 Å². The Labute approximate surface area is 321 Å². The molecule has 0 heterocycles. The van der Waals surface area contributed by atoms with E-state index in [0.717, 1.165) is 25.3 Å². The van der Waals surface area contributed by atoms with Crippen LogP contribution >= 0.6 is 7.82 Å². The Hall–Kier alpha value is -3.26. The van der Waals surface area contributed by atoms with E-state index in [1.807, 2.05) is 21.1 Å². The number of hydrogen-bond donors (Lipinski definition) is 0. The summed E-state index contributed by atoms with van der Waals surface area (Å²) in [6, 6.07) is 3.93. The molecule has 0 aliphatic carbocycles. The molecule has 308 valence electrons. The average Bonchev–Trinajstić information content (AvgIpc) is 3.10. The van der Waals surface area contributed by atoms with Crippen LogP contribution in [-0.4, -0.2) is 81.6 Å². The molecule has 1 aromatic carbocycles. The summed E-state index contributed by atoms with van der Waals surface area (Å²) in [6.07, 6.45) is 16.8. The Morgan fingerprint density at radius 1 is 0.833 bits per heavy atom. The summed E-state index contributed by atoms with van der Waals surface area (Å²) in [5, 5.41) is 14.7. The predicted octanol–water partition coefficient (Wildman–Crippen LogP) is 9.01. The van der Waals surface area contributed by atoms with Crippen LogP contribution in [0.3, 0.4) is 0 Å². The van der Waals surface area contributed by atoms with Crippen molar-refractivity contribution in [3.8, 4) is 5.75 Å². The number of unbranched alkanes of at least 4 members (excludes halogenated alkanes) is 15. The van der Waals surface area contributed by atoms with Gasteiger partial charge < -0.3 is 32.6 Å². The van der Waals surface area contributed by atoms with Crippen molar-refractivity contribution < 1.29 is 51.7 Å². The van der Waals surface area contributed by atoms with E-state index in [4.69, 9.17) is 28.8 Å². The molecule has 17 heteroatoms. The molecular weight excluding hydrogens is 721 g/mol. The second-order valence-electron chi connectivity index (χ2n) is 14.5. The average molecular weight is 786 g/mol. The molecule has 0 aromatic heterocycles. The van der Waals surface area contributed by atoms with Gasteiger partial charge in [-0.15, -0.1) is 0 Å². The van der Waals surface area contributed by atoms with Crippen LogP contribution in [0, 0.1) is 10.1 Å². The molecule has 0 amide bonds. The van der Waals surface area contributed by atoms with E-state index in [1.54, 1.807) is 0 Å². The molecule has 1 aromatic rings. The van der Waals surface area contributed by atoms with E-state index in [0.29, 0.717) is 43.1 Å². The fourth-order valence-electron chi connectivity index (χ4n) is 5.34. The zero-order chi connectivity index (χ0) is 40.1. The Bertz CT molecular complexity index is 1320. The number of azide groups is 1. The molecule has 1 unspecified atom stereocenters. The maximum Gasteiger partial charge on any atom is 0.311 e. The zero-order valence-corrected chi connectivity index (χ0v) is 33.8. The Kier molecular flexibility index (Phi) is 26.3. The molecule has 1 rings (SSSR count). The number of carbonyl (C=O) groups excluding carboxylic acids is 2. The third-order valence-electron chi connectivity index (χ3n) is 8.48. The minimum atomic E-state index is -4.70. The summed E-state index contributed by atoms with van der Waals surface area (Å²) in [5.41, 5.74) is 8.34. The molecule has 0 aliphatic heterocycles. The standard InChI is InChI=1S/C37H64N5O11P/c1-5-6-7-8-9-10-11-12-13-14-15-16-19-22-36(43)50-30-33(31-52-54(47,48)51-28-26-42(2,3)4)53-37(44)23-20-17-18-21-27-49-35-25-24-32(39-40-38)29-34(35)41(45)46/h24-25,29,33H,5-23,26-28,30-31H2,1-4H3/t33-/m1/s1. The van der Waals surface area contributed by atoms with Crippen molar-refractivity contribution >= 4 is 31.1 Å². The molecule has 0 spiro atoms. The van der Waals surface area contributed by atoms with Crippen molar-refractivity contribution in [1.82, 2.24) is 0 Å². The lowest BCUT2D eigenvalue weighted by Crippen LogP contribution is -2.37. The highest BCUT2D eigenvalue weighted by Gasteiger charge is 2.22. The topological polar surface area (TPSA) is 212 Å². The van der Waals surface area contributed by atoms with Crippen LogP contribution in [0.4, 0.5) is 11.4 Å². The molecule has 0 fully saturated rings. The van der Waals surface area contributed by atoms with E-state index in [2.05, 4.69) is 16.9 Å². The number of phosphoric ester groups is 1. The quantitative estimate of drug-likeness (QED) is 0.00740. The van der Waals surface area contributed by atoms with Gasteiger partial charge in [-0.2, -0.15) is 0 Å². The Morgan fingerprint density at radius 3 is 1.94 bits per heavy atom. The Morgan fingerprint density at radius 2 is 1.39 bits per heavy atom. The lowest BCUT2D eigenvalue weighted by Gasteiger charge is -2.28. The summed E-state index contributed by atoms with van der Waals surface area (Å²) in [5.74, 6) is -1.00. The number of ether oxygens (including phenoxy) is 3. The van der Waals surface area contributed by atoms with Gasteiger partial charge in [0.1, 0.15) is 19.8 Å². The van der Waals surface area contributed by atoms with Gasteiger partial charge in [-0.3, -0.25) is 24.3 Å². The number of benzene rings is 1. The number of quaternary nitrogens is 1. The number of esters is 2. The first-order valence-corrected chi connectivity index (χ1v) is 20.9. The number of hydrogen-bond acceptors (Lipinski definition) is 12. The highest BCUT2D eigenvalue weighted by Crippen LogP contribution is 2.38. The highest BCUT2D eigenvalue weighted by molar-refractivity contribution is 7.45. The zero-order valence-electron chi connectivity index (χ0n) is 33.0. The molecule has 0 saturated heterocycles. The van der Waals surface area contributed by atoms with E-state index in [1.165, 1.54) is 69.9 Å². The first-order chi connectivity index (χ1) is 25.8. The van der Waals surface area contributed by atoms with Crippen LogP contribution in [0.5, 0.6) is 5.75 Å². The van der Waals surface area contributed by atoms with Gasteiger partial charge in [0, 0.05) is 29.5 Å². The minimum absolute atomic E-state index is 0.0334. The third kappa shape index (κ3) is 26.5. The third-order valence-corrected chi connectivity index (χ3v) is 9.44.